The molecule has 0 radical (unpaired) electrons. The monoisotopic (exact) mass is 425 g/mol. The lowest BCUT2D eigenvalue weighted by molar-refractivity contribution is 0.159. The Bertz CT molecular complexity index is 965. The first-order valence-electron chi connectivity index (χ1n) is 10.6. The molecule has 2 aromatic carbocycles. The molecule has 5 heteroatoms. The minimum Gasteiger partial charge on any atom is -0.498 e. The average Bonchev–Trinajstić information content (AvgIpc) is 2.77. The van der Waals surface area contributed by atoms with E-state index < -0.39 is 16.1 Å². The zero-order valence-electron chi connectivity index (χ0n) is 17.8. The van der Waals surface area contributed by atoms with Crippen molar-refractivity contribution in [2.75, 3.05) is 6.61 Å². The van der Waals surface area contributed by atoms with E-state index in [0.717, 1.165) is 36.1 Å². The van der Waals surface area contributed by atoms with E-state index >= 15 is 0 Å². The Balaban J connectivity index is 2.00. The van der Waals surface area contributed by atoms with Crippen LogP contribution in [-0.2, 0) is 14.8 Å². The summed E-state index contributed by atoms with van der Waals surface area (Å²) in [5.74, 6) is 0.834. The van der Waals surface area contributed by atoms with E-state index in [0.29, 0.717) is 17.9 Å². The van der Waals surface area contributed by atoms with Crippen LogP contribution in [0.1, 0.15) is 49.8 Å². The van der Waals surface area contributed by atoms with E-state index in [1.54, 1.807) is 22.5 Å². The molecule has 0 fully saturated rings. The van der Waals surface area contributed by atoms with E-state index in [1.165, 1.54) is 0 Å². The van der Waals surface area contributed by atoms with Crippen molar-refractivity contribution < 1.29 is 13.2 Å². The molecule has 2 atom stereocenters. The summed E-state index contributed by atoms with van der Waals surface area (Å²) in [7, 11) is -3.73. The second kappa shape index (κ2) is 10.1. The van der Waals surface area contributed by atoms with Gasteiger partial charge in [0.15, 0.2) is 0 Å². The fourth-order valence-corrected chi connectivity index (χ4v) is 5.48. The molecule has 3 rings (SSSR count). The van der Waals surface area contributed by atoms with Gasteiger partial charge in [-0.25, -0.2) is 8.42 Å². The Morgan fingerprint density at radius 2 is 1.80 bits per heavy atom. The molecule has 0 aromatic heterocycles. The highest BCUT2D eigenvalue weighted by Crippen LogP contribution is 2.39. The van der Waals surface area contributed by atoms with Crippen molar-refractivity contribution in [2.24, 2.45) is 0 Å². The highest BCUT2D eigenvalue weighted by molar-refractivity contribution is 7.89. The summed E-state index contributed by atoms with van der Waals surface area (Å²) in [5.41, 5.74) is 1.97. The van der Waals surface area contributed by atoms with Crippen molar-refractivity contribution in [3.8, 4) is 0 Å². The minimum absolute atomic E-state index is 0.293. The second-order valence-corrected chi connectivity index (χ2v) is 9.54. The fourth-order valence-electron chi connectivity index (χ4n) is 3.75. The standard InChI is InChI=1S/C25H31NO3S/c1-4-6-10-17-29-23-18-22(5-2)26(25(19-23)21-11-8-7-9-12-21)30(27,28)24-15-13-20(3)14-16-24/h5,7-9,11-16,18,22,25H,2,4,6,10,17,19H2,1,3H3/t22-,25+/m1/s1. The minimum atomic E-state index is -3.73. The maximum absolute atomic E-state index is 13.7. The lowest BCUT2D eigenvalue weighted by atomic mass is 9.97. The molecular formula is C25H31NO3S. The van der Waals surface area contributed by atoms with Gasteiger partial charge in [-0.3, -0.25) is 0 Å². The van der Waals surface area contributed by atoms with Gasteiger partial charge in [-0.05, 0) is 37.1 Å². The summed E-state index contributed by atoms with van der Waals surface area (Å²) in [6, 6.07) is 15.9. The van der Waals surface area contributed by atoms with Crippen LogP contribution in [0.25, 0.3) is 0 Å². The highest BCUT2D eigenvalue weighted by Gasteiger charge is 2.40. The van der Waals surface area contributed by atoms with Crippen molar-refractivity contribution in [1.29, 1.82) is 0 Å². The van der Waals surface area contributed by atoms with Gasteiger partial charge in [0.25, 0.3) is 0 Å². The number of unbranched alkanes of at least 4 members (excludes halogenated alkanes) is 2. The zero-order chi connectivity index (χ0) is 21.6. The first-order valence-corrected chi connectivity index (χ1v) is 12.0. The molecule has 0 spiro atoms. The number of nitrogens with zero attached hydrogens (tertiary/aromatic N) is 1. The van der Waals surface area contributed by atoms with E-state index in [2.05, 4.69) is 13.5 Å². The third-order valence-corrected chi connectivity index (χ3v) is 7.33. The summed E-state index contributed by atoms with van der Waals surface area (Å²) in [6.45, 7) is 8.68. The summed E-state index contributed by atoms with van der Waals surface area (Å²) in [4.78, 5) is 0.293. The summed E-state index contributed by atoms with van der Waals surface area (Å²) >= 11 is 0. The molecule has 0 aliphatic carbocycles. The molecule has 0 saturated carbocycles. The van der Waals surface area contributed by atoms with Gasteiger partial charge in [0.05, 0.1) is 29.3 Å². The van der Waals surface area contributed by atoms with Crippen molar-refractivity contribution >= 4 is 10.0 Å². The van der Waals surface area contributed by atoms with Crippen LogP contribution in [0.15, 0.2) is 84.0 Å². The number of hydrogen-bond donors (Lipinski definition) is 0. The maximum Gasteiger partial charge on any atom is 0.244 e. The van der Waals surface area contributed by atoms with Crippen molar-refractivity contribution in [2.45, 2.75) is 56.5 Å². The van der Waals surface area contributed by atoms with Crippen molar-refractivity contribution in [3.05, 3.63) is 90.2 Å². The van der Waals surface area contributed by atoms with Crippen LogP contribution < -0.4 is 0 Å². The Kier molecular flexibility index (Phi) is 7.51. The van der Waals surface area contributed by atoms with E-state index in [-0.39, 0.29) is 6.04 Å². The smallest absolute Gasteiger partial charge is 0.244 e. The average molecular weight is 426 g/mol. The Labute approximate surface area is 180 Å². The number of sulfonamides is 1. The van der Waals surface area contributed by atoms with Gasteiger partial charge >= 0.3 is 0 Å². The molecule has 160 valence electrons. The van der Waals surface area contributed by atoms with Gasteiger partial charge in [-0.1, -0.05) is 73.9 Å². The van der Waals surface area contributed by atoms with Crippen LogP contribution in [0, 0.1) is 6.92 Å². The summed E-state index contributed by atoms with van der Waals surface area (Å²) < 4.78 is 34.9. The first kappa shape index (κ1) is 22.3. The van der Waals surface area contributed by atoms with Gasteiger partial charge in [0.1, 0.15) is 0 Å². The quantitative estimate of drug-likeness (QED) is 0.378. The Hall–Kier alpha value is -2.37. The second-order valence-electron chi connectivity index (χ2n) is 7.69. The molecule has 30 heavy (non-hydrogen) atoms. The Morgan fingerprint density at radius 1 is 1.10 bits per heavy atom. The number of aryl methyl sites for hydroxylation is 1. The lowest BCUT2D eigenvalue weighted by Crippen LogP contribution is -2.44. The van der Waals surface area contributed by atoms with Crippen LogP contribution in [0.3, 0.4) is 0 Å². The predicted molar refractivity (Wildman–Crippen MR) is 122 cm³/mol. The van der Waals surface area contributed by atoms with Crippen LogP contribution in [-0.4, -0.2) is 25.4 Å². The predicted octanol–water partition coefficient (Wildman–Crippen LogP) is 5.78. The molecule has 0 amide bonds. The molecular weight excluding hydrogens is 394 g/mol. The molecule has 0 bridgehead atoms. The van der Waals surface area contributed by atoms with Gasteiger partial charge in [-0.2, -0.15) is 4.31 Å². The molecule has 4 nitrogen and oxygen atoms in total. The lowest BCUT2D eigenvalue weighted by Gasteiger charge is -2.39. The van der Waals surface area contributed by atoms with E-state index in [1.807, 2.05) is 55.5 Å². The van der Waals surface area contributed by atoms with Crippen LogP contribution in [0.2, 0.25) is 0 Å². The Morgan fingerprint density at radius 3 is 2.43 bits per heavy atom. The SMILES string of the molecule is C=C[C@@H]1C=C(OCCCCC)C[C@@H](c2ccccc2)N1S(=O)(=O)c1ccc(C)cc1. The van der Waals surface area contributed by atoms with Crippen LogP contribution in [0.5, 0.6) is 0 Å². The van der Waals surface area contributed by atoms with E-state index in [4.69, 9.17) is 4.74 Å². The van der Waals surface area contributed by atoms with Gasteiger partial charge in [-0.15, -0.1) is 6.58 Å². The normalized spacial score (nSPS) is 19.9. The van der Waals surface area contributed by atoms with E-state index in [9.17, 15) is 8.42 Å². The maximum atomic E-state index is 13.7. The molecule has 1 aliphatic heterocycles. The molecule has 2 aromatic rings. The van der Waals surface area contributed by atoms with Gasteiger partial charge in [0, 0.05) is 6.42 Å². The topological polar surface area (TPSA) is 46.6 Å². The molecule has 1 heterocycles. The summed E-state index contributed by atoms with van der Waals surface area (Å²) in [6.07, 6.45) is 7.32. The third kappa shape index (κ3) is 5.02. The number of benzene rings is 2. The first-order chi connectivity index (χ1) is 14.5. The van der Waals surface area contributed by atoms with Gasteiger partial charge in [0.2, 0.25) is 10.0 Å². The van der Waals surface area contributed by atoms with Crippen molar-refractivity contribution in [3.63, 3.8) is 0 Å². The van der Waals surface area contributed by atoms with Crippen molar-refractivity contribution in [1.82, 2.24) is 4.31 Å². The number of rotatable bonds is 9. The number of hydrogen-bond acceptors (Lipinski definition) is 3. The molecule has 0 saturated heterocycles. The van der Waals surface area contributed by atoms with Gasteiger partial charge < -0.3 is 4.74 Å². The molecule has 0 unspecified atom stereocenters. The highest BCUT2D eigenvalue weighted by atomic mass is 32.2. The molecule has 0 N–H and O–H groups in total. The molecule has 1 aliphatic rings. The van der Waals surface area contributed by atoms with Crippen LogP contribution in [0.4, 0.5) is 0 Å². The largest absolute Gasteiger partial charge is 0.498 e. The third-order valence-electron chi connectivity index (χ3n) is 5.41. The van der Waals surface area contributed by atoms with Crippen LogP contribution >= 0.6 is 0 Å². The summed E-state index contributed by atoms with van der Waals surface area (Å²) in [5, 5.41) is 0. The fraction of sp³-hybridized carbons (Fsp3) is 0.360. The zero-order valence-corrected chi connectivity index (χ0v) is 18.6. The number of ether oxygens (including phenoxy) is 1.